The van der Waals surface area contributed by atoms with Crippen LogP contribution in [-0.4, -0.2) is 19.1 Å². The van der Waals surface area contributed by atoms with Gasteiger partial charge in [-0.25, -0.2) is 4.39 Å². The van der Waals surface area contributed by atoms with Crippen molar-refractivity contribution in [1.29, 1.82) is 0 Å². The van der Waals surface area contributed by atoms with E-state index in [2.05, 4.69) is 10.6 Å². The van der Waals surface area contributed by atoms with Crippen molar-refractivity contribution < 1.29 is 13.9 Å². The molecule has 1 heterocycles. The second kappa shape index (κ2) is 7.55. The molecule has 0 bridgehead atoms. The molecule has 4 nitrogen and oxygen atoms in total. The third-order valence-electron chi connectivity index (χ3n) is 4.14. The molecule has 0 saturated heterocycles. The Bertz CT molecular complexity index is 719. The van der Waals surface area contributed by atoms with Crippen LogP contribution in [0.2, 0.25) is 0 Å². The van der Waals surface area contributed by atoms with Gasteiger partial charge < -0.3 is 15.4 Å². The van der Waals surface area contributed by atoms with Crippen molar-refractivity contribution in [2.24, 2.45) is 0 Å². The molecular formula is C19H21FN2O2. The summed E-state index contributed by atoms with van der Waals surface area (Å²) < 4.78 is 20.3. The summed E-state index contributed by atoms with van der Waals surface area (Å²) in [6.45, 7) is 3.62. The molecule has 2 N–H and O–H groups in total. The van der Waals surface area contributed by atoms with E-state index in [1.165, 1.54) is 0 Å². The van der Waals surface area contributed by atoms with E-state index in [1.54, 1.807) is 6.07 Å². The van der Waals surface area contributed by atoms with Crippen LogP contribution in [0, 0.1) is 5.82 Å². The molecule has 0 fully saturated rings. The summed E-state index contributed by atoms with van der Waals surface area (Å²) in [7, 11) is 0. The number of carbonyl (C=O) groups is 1. The number of carbonyl (C=O) groups excluding carboxylic acids is 1. The van der Waals surface area contributed by atoms with Crippen LogP contribution in [0.15, 0.2) is 42.5 Å². The van der Waals surface area contributed by atoms with Crippen LogP contribution in [0.5, 0.6) is 0 Å². The smallest absolute Gasteiger partial charge is 0.258 e. The Morgan fingerprint density at radius 3 is 2.83 bits per heavy atom. The first kappa shape index (κ1) is 16.6. The van der Waals surface area contributed by atoms with Gasteiger partial charge in [0.25, 0.3) is 5.91 Å². The highest BCUT2D eigenvalue weighted by atomic mass is 19.1. The van der Waals surface area contributed by atoms with E-state index in [0.717, 1.165) is 17.7 Å². The van der Waals surface area contributed by atoms with Gasteiger partial charge in [-0.15, -0.1) is 0 Å². The van der Waals surface area contributed by atoms with E-state index < -0.39 is 6.10 Å². The summed E-state index contributed by atoms with van der Waals surface area (Å²) in [6.07, 6.45) is -0.133. The van der Waals surface area contributed by atoms with E-state index in [1.807, 2.05) is 43.3 Å². The average molecular weight is 328 g/mol. The second-order valence-electron chi connectivity index (χ2n) is 5.73. The normalized spacial score (nSPS) is 14.8. The number of amides is 1. The van der Waals surface area contributed by atoms with Gasteiger partial charge in [0, 0.05) is 13.2 Å². The predicted octanol–water partition coefficient (Wildman–Crippen LogP) is 3.19. The molecule has 126 valence electrons. The summed E-state index contributed by atoms with van der Waals surface area (Å²) in [4.78, 5) is 12.6. The number of hydrogen-bond acceptors (Lipinski definition) is 3. The average Bonchev–Trinajstić information content (AvgIpc) is 2.63. The Kier molecular flexibility index (Phi) is 5.23. The van der Waals surface area contributed by atoms with Crippen molar-refractivity contribution in [3.05, 3.63) is 65.0 Å². The van der Waals surface area contributed by atoms with Gasteiger partial charge >= 0.3 is 0 Å². The fourth-order valence-corrected chi connectivity index (χ4v) is 2.95. The quantitative estimate of drug-likeness (QED) is 0.886. The van der Waals surface area contributed by atoms with Crippen LogP contribution in [0.3, 0.4) is 0 Å². The van der Waals surface area contributed by atoms with E-state index in [0.29, 0.717) is 25.1 Å². The van der Waals surface area contributed by atoms with Gasteiger partial charge in [0.15, 0.2) is 6.10 Å². The van der Waals surface area contributed by atoms with Gasteiger partial charge in [0.2, 0.25) is 0 Å². The van der Waals surface area contributed by atoms with Crippen LogP contribution >= 0.6 is 0 Å². The van der Waals surface area contributed by atoms with E-state index >= 15 is 0 Å². The number of benzene rings is 2. The fourth-order valence-electron chi connectivity index (χ4n) is 2.95. The molecule has 0 radical (unpaired) electrons. The highest BCUT2D eigenvalue weighted by Gasteiger charge is 2.23. The molecule has 2 aromatic carbocycles. The van der Waals surface area contributed by atoms with Gasteiger partial charge in [0.1, 0.15) is 5.82 Å². The van der Waals surface area contributed by atoms with Gasteiger partial charge in [-0.05, 0) is 42.6 Å². The molecule has 0 aliphatic carbocycles. The Hall–Kier alpha value is -2.24. The maximum Gasteiger partial charge on any atom is 0.258 e. The third kappa shape index (κ3) is 3.47. The van der Waals surface area contributed by atoms with Crippen LogP contribution in [0.25, 0.3) is 0 Å². The zero-order chi connectivity index (χ0) is 16.9. The number of anilines is 1. The van der Waals surface area contributed by atoms with Gasteiger partial charge in [0.05, 0.1) is 5.69 Å². The predicted molar refractivity (Wildman–Crippen MR) is 91.2 cm³/mol. The van der Waals surface area contributed by atoms with E-state index in [9.17, 15) is 9.18 Å². The van der Waals surface area contributed by atoms with Crippen LogP contribution in [0.1, 0.15) is 29.7 Å². The largest absolute Gasteiger partial charge is 0.364 e. The zero-order valence-corrected chi connectivity index (χ0v) is 13.6. The first-order valence-electron chi connectivity index (χ1n) is 8.19. The summed E-state index contributed by atoms with van der Waals surface area (Å²) in [5.41, 5.74) is 2.58. The molecule has 0 spiro atoms. The Labute approximate surface area is 141 Å². The molecule has 0 saturated carbocycles. The summed E-state index contributed by atoms with van der Waals surface area (Å²) >= 11 is 0. The van der Waals surface area contributed by atoms with Crippen molar-refractivity contribution >= 4 is 11.6 Å². The van der Waals surface area contributed by atoms with Crippen LogP contribution in [-0.2, 0) is 22.5 Å². The SMILES string of the molecule is CCOC(C(=O)Nc1ccc2c(c1F)CCNC2)c1ccccc1. The van der Waals surface area contributed by atoms with Gasteiger partial charge in [-0.1, -0.05) is 36.4 Å². The standard InChI is InChI=1S/C19H21FN2O2/c1-2-24-18(13-6-4-3-5-7-13)19(23)22-16-9-8-14-12-21-11-10-15(14)17(16)20/h3-9,18,21H,2,10-12H2,1H3,(H,22,23). The number of fused-ring (bicyclic) bond motifs is 1. The Balaban J connectivity index is 1.83. The van der Waals surface area contributed by atoms with Crippen molar-refractivity contribution in [1.82, 2.24) is 5.32 Å². The first-order valence-corrected chi connectivity index (χ1v) is 8.19. The summed E-state index contributed by atoms with van der Waals surface area (Å²) in [5, 5.41) is 5.90. The zero-order valence-electron chi connectivity index (χ0n) is 13.6. The summed E-state index contributed by atoms with van der Waals surface area (Å²) in [5.74, 6) is -0.707. The maximum absolute atomic E-state index is 14.7. The summed E-state index contributed by atoms with van der Waals surface area (Å²) in [6, 6.07) is 12.7. The lowest BCUT2D eigenvalue weighted by atomic mass is 9.99. The third-order valence-corrected chi connectivity index (χ3v) is 4.14. The minimum Gasteiger partial charge on any atom is -0.364 e. The molecule has 2 aromatic rings. The maximum atomic E-state index is 14.7. The lowest BCUT2D eigenvalue weighted by Crippen LogP contribution is -2.27. The lowest BCUT2D eigenvalue weighted by molar-refractivity contribution is -0.127. The van der Waals surface area contributed by atoms with Gasteiger partial charge in [-0.2, -0.15) is 0 Å². The monoisotopic (exact) mass is 328 g/mol. The van der Waals surface area contributed by atoms with Crippen molar-refractivity contribution in [3.63, 3.8) is 0 Å². The molecule has 3 rings (SSSR count). The van der Waals surface area contributed by atoms with Crippen LogP contribution < -0.4 is 10.6 Å². The molecule has 1 aliphatic heterocycles. The number of rotatable bonds is 5. The molecule has 1 amide bonds. The van der Waals surface area contributed by atoms with Crippen molar-refractivity contribution in [2.75, 3.05) is 18.5 Å². The fraction of sp³-hybridized carbons (Fsp3) is 0.316. The van der Waals surface area contributed by atoms with E-state index in [-0.39, 0.29) is 17.4 Å². The number of nitrogens with one attached hydrogen (secondary N) is 2. The number of ether oxygens (including phenoxy) is 1. The molecule has 0 aromatic heterocycles. The van der Waals surface area contributed by atoms with Gasteiger partial charge in [-0.3, -0.25) is 4.79 Å². The molecular weight excluding hydrogens is 307 g/mol. The highest BCUT2D eigenvalue weighted by Crippen LogP contribution is 2.26. The first-order chi connectivity index (χ1) is 11.7. The second-order valence-corrected chi connectivity index (χ2v) is 5.73. The van der Waals surface area contributed by atoms with Crippen LogP contribution in [0.4, 0.5) is 10.1 Å². The minimum absolute atomic E-state index is 0.210. The molecule has 1 unspecified atom stereocenters. The number of hydrogen-bond donors (Lipinski definition) is 2. The highest BCUT2D eigenvalue weighted by molar-refractivity contribution is 5.95. The topological polar surface area (TPSA) is 50.4 Å². The molecule has 24 heavy (non-hydrogen) atoms. The molecule has 1 atom stereocenters. The van der Waals surface area contributed by atoms with E-state index in [4.69, 9.17) is 4.74 Å². The lowest BCUT2D eigenvalue weighted by Gasteiger charge is -2.21. The Morgan fingerprint density at radius 2 is 2.08 bits per heavy atom. The molecule has 1 aliphatic rings. The van der Waals surface area contributed by atoms with Crippen molar-refractivity contribution in [2.45, 2.75) is 26.0 Å². The Morgan fingerprint density at radius 1 is 1.29 bits per heavy atom. The minimum atomic E-state index is -0.756. The van der Waals surface area contributed by atoms with Crippen molar-refractivity contribution in [3.8, 4) is 0 Å². The number of halogens is 1. The molecule has 5 heteroatoms.